The highest BCUT2D eigenvalue weighted by molar-refractivity contribution is 5.92. The van der Waals surface area contributed by atoms with Crippen LogP contribution in [0.3, 0.4) is 0 Å². The Morgan fingerprint density at radius 1 is 1.14 bits per heavy atom. The van der Waals surface area contributed by atoms with Crippen molar-refractivity contribution in [3.05, 3.63) is 72.3 Å². The lowest BCUT2D eigenvalue weighted by molar-refractivity contribution is 0.0418. The Morgan fingerprint density at radius 3 is 2.59 bits per heavy atom. The number of nitrogens with one attached hydrogen (secondary N) is 1. The number of hydrogen-bond donors (Lipinski definition) is 1. The van der Waals surface area contributed by atoms with Gasteiger partial charge in [0.15, 0.2) is 0 Å². The summed E-state index contributed by atoms with van der Waals surface area (Å²) < 4.78 is 14.5. The van der Waals surface area contributed by atoms with E-state index in [1.807, 2.05) is 37.3 Å². The first-order valence-corrected chi connectivity index (χ1v) is 9.20. The van der Waals surface area contributed by atoms with Crippen LogP contribution in [0.5, 0.6) is 0 Å². The molecule has 8 nitrogen and oxygen atoms in total. The molecule has 1 unspecified atom stereocenters. The van der Waals surface area contributed by atoms with Gasteiger partial charge in [-0.3, -0.25) is 9.59 Å². The van der Waals surface area contributed by atoms with Crippen molar-refractivity contribution in [1.29, 1.82) is 0 Å². The molecule has 1 fully saturated rings. The predicted octanol–water partition coefficient (Wildman–Crippen LogP) is 1.69. The average Bonchev–Trinajstić information content (AvgIpc) is 3.18. The van der Waals surface area contributed by atoms with Crippen molar-refractivity contribution in [2.75, 3.05) is 13.1 Å². The minimum Gasteiger partial charge on any atom is -0.348 e. The highest BCUT2D eigenvalue weighted by Gasteiger charge is 2.36. The molecular formula is C20H19FN6O2. The molecule has 1 aliphatic rings. The van der Waals surface area contributed by atoms with Crippen LogP contribution < -0.4 is 5.32 Å². The van der Waals surface area contributed by atoms with Gasteiger partial charge in [-0.05, 0) is 31.2 Å². The zero-order chi connectivity index (χ0) is 20.4. The van der Waals surface area contributed by atoms with Crippen LogP contribution in [0.15, 0.2) is 55.0 Å². The first kappa shape index (κ1) is 18.7. The third kappa shape index (κ3) is 3.98. The minimum atomic E-state index is -0.494. The summed E-state index contributed by atoms with van der Waals surface area (Å²) in [6.45, 7) is 2.87. The molecule has 1 aromatic carbocycles. The summed E-state index contributed by atoms with van der Waals surface area (Å²) in [5.41, 5.74) is 0.979. The molecule has 148 valence electrons. The van der Waals surface area contributed by atoms with Gasteiger partial charge in [0.1, 0.15) is 17.8 Å². The SMILES string of the molecule is CC(NC(=O)c1ccc(F)cn1)C1CN(C(=O)c2ncn(-c3ccccc3)n2)C1. The summed E-state index contributed by atoms with van der Waals surface area (Å²) in [6, 6.07) is 11.8. The predicted molar refractivity (Wildman–Crippen MR) is 102 cm³/mol. The fourth-order valence-electron chi connectivity index (χ4n) is 3.11. The summed E-state index contributed by atoms with van der Waals surface area (Å²) in [5.74, 6) is -0.856. The lowest BCUT2D eigenvalue weighted by Crippen LogP contribution is -2.57. The lowest BCUT2D eigenvalue weighted by atomic mass is 9.92. The van der Waals surface area contributed by atoms with Crippen LogP contribution in [-0.4, -0.2) is 55.6 Å². The third-order valence-corrected chi connectivity index (χ3v) is 4.93. The molecule has 1 atom stereocenters. The molecule has 2 aromatic heterocycles. The lowest BCUT2D eigenvalue weighted by Gasteiger charge is -2.41. The molecule has 0 spiro atoms. The van der Waals surface area contributed by atoms with Gasteiger partial charge in [-0.2, -0.15) is 0 Å². The number of hydrogen-bond acceptors (Lipinski definition) is 5. The molecule has 3 aromatic rings. The third-order valence-electron chi connectivity index (χ3n) is 4.93. The molecule has 0 bridgehead atoms. The highest BCUT2D eigenvalue weighted by Crippen LogP contribution is 2.21. The van der Waals surface area contributed by atoms with E-state index in [0.29, 0.717) is 13.1 Å². The average molecular weight is 394 g/mol. The number of carbonyl (C=O) groups is 2. The number of nitrogens with zero attached hydrogens (tertiary/aromatic N) is 5. The van der Waals surface area contributed by atoms with Crippen LogP contribution >= 0.6 is 0 Å². The Hall–Kier alpha value is -3.62. The van der Waals surface area contributed by atoms with Gasteiger partial charge in [-0.1, -0.05) is 18.2 Å². The molecule has 1 aliphatic heterocycles. The van der Waals surface area contributed by atoms with E-state index in [2.05, 4.69) is 20.4 Å². The quantitative estimate of drug-likeness (QED) is 0.711. The number of benzene rings is 1. The second-order valence-electron chi connectivity index (χ2n) is 6.94. The first-order valence-electron chi connectivity index (χ1n) is 9.20. The van der Waals surface area contributed by atoms with Crippen molar-refractivity contribution in [2.45, 2.75) is 13.0 Å². The van der Waals surface area contributed by atoms with Gasteiger partial charge in [0, 0.05) is 25.0 Å². The van der Waals surface area contributed by atoms with Crippen LogP contribution in [-0.2, 0) is 0 Å². The maximum atomic E-state index is 12.9. The van der Waals surface area contributed by atoms with Gasteiger partial charge in [0.2, 0.25) is 5.82 Å². The Kier molecular flexibility index (Phi) is 5.03. The minimum absolute atomic E-state index is 0.111. The molecule has 1 N–H and O–H groups in total. The van der Waals surface area contributed by atoms with Crippen molar-refractivity contribution in [1.82, 2.24) is 30.0 Å². The van der Waals surface area contributed by atoms with Crippen LogP contribution in [0, 0.1) is 11.7 Å². The summed E-state index contributed by atoms with van der Waals surface area (Å²) in [5, 5.41) is 7.10. The fraction of sp³-hybridized carbons (Fsp3) is 0.250. The van der Waals surface area contributed by atoms with Crippen LogP contribution in [0.25, 0.3) is 5.69 Å². The van der Waals surface area contributed by atoms with Crippen LogP contribution in [0.1, 0.15) is 28.0 Å². The van der Waals surface area contributed by atoms with E-state index in [1.165, 1.54) is 18.5 Å². The van der Waals surface area contributed by atoms with E-state index >= 15 is 0 Å². The fourth-order valence-corrected chi connectivity index (χ4v) is 3.11. The Bertz CT molecular complexity index is 1010. The van der Waals surface area contributed by atoms with Gasteiger partial charge < -0.3 is 10.2 Å². The van der Waals surface area contributed by atoms with Gasteiger partial charge in [-0.15, -0.1) is 5.10 Å². The van der Waals surface area contributed by atoms with E-state index in [1.54, 1.807) is 9.58 Å². The second-order valence-corrected chi connectivity index (χ2v) is 6.94. The maximum Gasteiger partial charge on any atom is 0.293 e. The largest absolute Gasteiger partial charge is 0.348 e. The topological polar surface area (TPSA) is 93.0 Å². The smallest absolute Gasteiger partial charge is 0.293 e. The van der Waals surface area contributed by atoms with Crippen molar-refractivity contribution in [3.63, 3.8) is 0 Å². The van der Waals surface area contributed by atoms with E-state index < -0.39 is 5.82 Å². The maximum absolute atomic E-state index is 12.9. The number of pyridine rings is 1. The molecule has 0 saturated carbocycles. The summed E-state index contributed by atoms with van der Waals surface area (Å²) in [7, 11) is 0. The van der Waals surface area contributed by atoms with E-state index in [0.717, 1.165) is 11.9 Å². The monoisotopic (exact) mass is 394 g/mol. The number of halogens is 1. The van der Waals surface area contributed by atoms with E-state index in [-0.39, 0.29) is 35.3 Å². The molecule has 0 aliphatic carbocycles. The number of carbonyl (C=O) groups excluding carboxylic acids is 2. The Morgan fingerprint density at radius 2 is 1.90 bits per heavy atom. The normalized spacial score (nSPS) is 14.9. The van der Waals surface area contributed by atoms with Gasteiger partial charge in [0.05, 0.1) is 11.9 Å². The molecular weight excluding hydrogens is 375 g/mol. The molecule has 4 rings (SSSR count). The summed E-state index contributed by atoms with van der Waals surface area (Å²) in [4.78, 5) is 34.3. The van der Waals surface area contributed by atoms with E-state index in [9.17, 15) is 14.0 Å². The van der Waals surface area contributed by atoms with Crippen LogP contribution in [0.2, 0.25) is 0 Å². The van der Waals surface area contributed by atoms with E-state index in [4.69, 9.17) is 0 Å². The number of amides is 2. The molecule has 9 heteroatoms. The van der Waals surface area contributed by atoms with Gasteiger partial charge >= 0.3 is 0 Å². The van der Waals surface area contributed by atoms with Crippen LogP contribution in [0.4, 0.5) is 4.39 Å². The Labute approximate surface area is 166 Å². The summed E-state index contributed by atoms with van der Waals surface area (Å²) >= 11 is 0. The van der Waals surface area contributed by atoms with Gasteiger partial charge in [0.25, 0.3) is 11.8 Å². The highest BCUT2D eigenvalue weighted by atomic mass is 19.1. The van der Waals surface area contributed by atoms with Crippen molar-refractivity contribution >= 4 is 11.8 Å². The number of para-hydroxylation sites is 1. The molecule has 3 heterocycles. The molecule has 2 amide bonds. The second kappa shape index (κ2) is 7.78. The molecule has 1 saturated heterocycles. The van der Waals surface area contributed by atoms with Crippen molar-refractivity contribution in [3.8, 4) is 5.69 Å². The summed E-state index contributed by atoms with van der Waals surface area (Å²) in [6.07, 6.45) is 2.52. The van der Waals surface area contributed by atoms with Gasteiger partial charge in [-0.25, -0.2) is 19.0 Å². The zero-order valence-corrected chi connectivity index (χ0v) is 15.7. The zero-order valence-electron chi connectivity index (χ0n) is 15.7. The molecule has 0 radical (unpaired) electrons. The van der Waals surface area contributed by atoms with Crippen molar-refractivity contribution < 1.29 is 14.0 Å². The number of aromatic nitrogens is 4. The standard InChI is InChI=1S/C20H19FN6O2/c1-13(24-19(28)17-8-7-15(21)9-22-17)14-10-26(11-14)20(29)18-23-12-27(25-18)16-5-3-2-4-6-16/h2-9,12-14H,10-11H2,1H3,(H,24,28). The molecule has 29 heavy (non-hydrogen) atoms. The number of rotatable bonds is 5. The Balaban J connectivity index is 1.31. The first-order chi connectivity index (χ1) is 14.0. The van der Waals surface area contributed by atoms with Crippen molar-refractivity contribution in [2.24, 2.45) is 5.92 Å². The number of likely N-dealkylation sites (tertiary alicyclic amines) is 1.